The third-order valence-electron chi connectivity index (χ3n) is 2.93. The highest BCUT2D eigenvalue weighted by Crippen LogP contribution is 2.21. The number of hydrogen-bond donors (Lipinski definition) is 1. The molecule has 1 heterocycles. The molecule has 0 aliphatic heterocycles. The zero-order valence-corrected chi connectivity index (χ0v) is 13.4. The molecule has 4 nitrogen and oxygen atoms in total. The van der Waals surface area contributed by atoms with Gasteiger partial charge in [-0.25, -0.2) is 0 Å². The largest absolute Gasteiger partial charge is 0.310 e. The molecular weight excluding hydrogens is 340 g/mol. The Balaban J connectivity index is 1.94. The Morgan fingerprint density at radius 3 is 2.85 bits per heavy atom. The van der Waals surface area contributed by atoms with Gasteiger partial charge in [-0.15, -0.1) is 0 Å². The van der Waals surface area contributed by atoms with E-state index >= 15 is 0 Å². The standard InChI is InChI=1S/C14H15BrN2O2S/c1-10(4-11-2-3-20-9-11)16-8-12-5-13(15)7-14(6-12)17(18)19/h2-3,5-7,9-10,16H,4,8H2,1H3. The number of rotatable bonds is 6. The SMILES string of the molecule is CC(Cc1ccsc1)NCc1cc(Br)cc([N+](=O)[O-])c1. The van der Waals surface area contributed by atoms with Crippen LogP contribution in [-0.4, -0.2) is 11.0 Å². The minimum Gasteiger partial charge on any atom is -0.310 e. The van der Waals surface area contributed by atoms with E-state index in [4.69, 9.17) is 0 Å². The Kier molecular flexibility index (Phi) is 5.28. The number of nitro benzene ring substituents is 1. The van der Waals surface area contributed by atoms with Gasteiger partial charge in [-0.05, 0) is 47.4 Å². The van der Waals surface area contributed by atoms with Gasteiger partial charge in [0.15, 0.2) is 0 Å². The van der Waals surface area contributed by atoms with E-state index in [1.54, 1.807) is 17.4 Å². The Hall–Kier alpha value is -1.24. The number of thiophene rings is 1. The summed E-state index contributed by atoms with van der Waals surface area (Å²) in [5.41, 5.74) is 2.33. The van der Waals surface area contributed by atoms with Crippen LogP contribution in [0, 0.1) is 10.1 Å². The minimum atomic E-state index is -0.372. The van der Waals surface area contributed by atoms with Crippen molar-refractivity contribution >= 4 is 33.0 Å². The van der Waals surface area contributed by atoms with Crippen molar-refractivity contribution in [1.29, 1.82) is 0 Å². The minimum absolute atomic E-state index is 0.113. The van der Waals surface area contributed by atoms with Crippen LogP contribution in [0.2, 0.25) is 0 Å². The molecule has 2 rings (SSSR count). The third kappa shape index (κ3) is 4.40. The molecule has 1 aromatic carbocycles. The van der Waals surface area contributed by atoms with Crippen molar-refractivity contribution in [3.8, 4) is 0 Å². The zero-order valence-electron chi connectivity index (χ0n) is 11.0. The number of halogens is 1. The fourth-order valence-electron chi connectivity index (χ4n) is 1.97. The van der Waals surface area contributed by atoms with Gasteiger partial charge in [0.2, 0.25) is 0 Å². The molecule has 0 amide bonds. The molecule has 1 unspecified atom stereocenters. The lowest BCUT2D eigenvalue weighted by Gasteiger charge is -2.13. The summed E-state index contributed by atoms with van der Waals surface area (Å²) < 4.78 is 0.731. The Labute approximate surface area is 130 Å². The maximum absolute atomic E-state index is 10.8. The Morgan fingerprint density at radius 1 is 1.40 bits per heavy atom. The molecule has 20 heavy (non-hydrogen) atoms. The molecule has 0 fully saturated rings. The van der Waals surface area contributed by atoms with E-state index in [9.17, 15) is 10.1 Å². The van der Waals surface area contributed by atoms with Gasteiger partial charge in [-0.2, -0.15) is 11.3 Å². The predicted molar refractivity (Wildman–Crippen MR) is 85.1 cm³/mol. The molecule has 1 aromatic heterocycles. The number of benzene rings is 1. The topological polar surface area (TPSA) is 55.2 Å². The molecule has 0 aliphatic rings. The summed E-state index contributed by atoms with van der Waals surface area (Å²) in [7, 11) is 0. The fourth-order valence-corrected chi connectivity index (χ4v) is 3.18. The summed E-state index contributed by atoms with van der Waals surface area (Å²) in [4.78, 5) is 10.4. The lowest BCUT2D eigenvalue weighted by atomic mass is 10.1. The highest BCUT2D eigenvalue weighted by Gasteiger charge is 2.10. The summed E-state index contributed by atoms with van der Waals surface area (Å²) in [6, 6.07) is 7.46. The summed E-state index contributed by atoms with van der Waals surface area (Å²) in [6.45, 7) is 2.73. The van der Waals surface area contributed by atoms with Crippen LogP contribution in [0.5, 0.6) is 0 Å². The molecule has 0 radical (unpaired) electrons. The van der Waals surface area contributed by atoms with Gasteiger partial charge in [-0.3, -0.25) is 10.1 Å². The molecule has 2 aromatic rings. The number of nitrogens with zero attached hydrogens (tertiary/aromatic N) is 1. The fraction of sp³-hybridized carbons (Fsp3) is 0.286. The monoisotopic (exact) mass is 354 g/mol. The van der Waals surface area contributed by atoms with Gasteiger partial charge in [0.25, 0.3) is 5.69 Å². The van der Waals surface area contributed by atoms with Crippen LogP contribution >= 0.6 is 27.3 Å². The van der Waals surface area contributed by atoms with Crippen LogP contribution in [0.4, 0.5) is 5.69 Å². The summed E-state index contributed by atoms with van der Waals surface area (Å²) >= 11 is 5.00. The molecule has 1 atom stereocenters. The molecule has 0 saturated heterocycles. The smallest absolute Gasteiger partial charge is 0.270 e. The van der Waals surface area contributed by atoms with Gasteiger partial charge >= 0.3 is 0 Å². The van der Waals surface area contributed by atoms with Crippen molar-refractivity contribution in [1.82, 2.24) is 5.32 Å². The second-order valence-corrected chi connectivity index (χ2v) is 6.39. The normalized spacial score (nSPS) is 12.3. The molecule has 0 saturated carbocycles. The summed E-state index contributed by atoms with van der Waals surface area (Å²) in [5, 5.41) is 18.4. The first kappa shape index (κ1) is 15.2. The van der Waals surface area contributed by atoms with Gasteiger partial charge in [0.1, 0.15) is 0 Å². The van der Waals surface area contributed by atoms with Crippen molar-refractivity contribution in [2.45, 2.75) is 25.9 Å². The van der Waals surface area contributed by atoms with Crippen LogP contribution < -0.4 is 5.32 Å². The van der Waals surface area contributed by atoms with Crippen molar-refractivity contribution < 1.29 is 4.92 Å². The second kappa shape index (κ2) is 6.97. The van der Waals surface area contributed by atoms with E-state index in [0.717, 1.165) is 16.5 Å². The third-order valence-corrected chi connectivity index (χ3v) is 4.12. The first-order chi connectivity index (χ1) is 9.54. The first-order valence-electron chi connectivity index (χ1n) is 6.23. The zero-order chi connectivity index (χ0) is 14.5. The number of hydrogen-bond acceptors (Lipinski definition) is 4. The van der Waals surface area contributed by atoms with E-state index in [0.29, 0.717) is 12.6 Å². The maximum Gasteiger partial charge on any atom is 0.270 e. The summed E-state index contributed by atoms with van der Waals surface area (Å²) in [5.74, 6) is 0. The van der Waals surface area contributed by atoms with Crippen molar-refractivity contribution in [3.63, 3.8) is 0 Å². The van der Waals surface area contributed by atoms with Crippen LogP contribution in [0.15, 0.2) is 39.5 Å². The highest BCUT2D eigenvalue weighted by atomic mass is 79.9. The van der Waals surface area contributed by atoms with Crippen molar-refractivity contribution in [2.75, 3.05) is 0 Å². The van der Waals surface area contributed by atoms with Crippen molar-refractivity contribution in [2.24, 2.45) is 0 Å². The Morgan fingerprint density at radius 2 is 2.20 bits per heavy atom. The average Bonchev–Trinajstić information content (AvgIpc) is 2.88. The summed E-state index contributed by atoms with van der Waals surface area (Å²) in [6.07, 6.45) is 0.958. The first-order valence-corrected chi connectivity index (χ1v) is 7.96. The average molecular weight is 355 g/mol. The van der Waals surface area contributed by atoms with Gasteiger partial charge in [0, 0.05) is 29.2 Å². The van der Waals surface area contributed by atoms with E-state index in [-0.39, 0.29) is 10.6 Å². The van der Waals surface area contributed by atoms with Gasteiger partial charge in [0.05, 0.1) is 4.92 Å². The van der Waals surface area contributed by atoms with Crippen LogP contribution in [0.3, 0.4) is 0 Å². The number of non-ortho nitro benzene ring substituents is 1. The van der Waals surface area contributed by atoms with Gasteiger partial charge < -0.3 is 5.32 Å². The van der Waals surface area contributed by atoms with E-state index in [2.05, 4.69) is 45.0 Å². The number of nitrogens with one attached hydrogen (secondary N) is 1. The van der Waals surface area contributed by atoms with E-state index in [1.165, 1.54) is 11.6 Å². The molecule has 1 N–H and O–H groups in total. The molecule has 0 bridgehead atoms. The quantitative estimate of drug-likeness (QED) is 0.626. The molecule has 0 aliphatic carbocycles. The van der Waals surface area contributed by atoms with Crippen LogP contribution in [-0.2, 0) is 13.0 Å². The second-order valence-electron chi connectivity index (χ2n) is 4.69. The predicted octanol–water partition coefficient (Wildman–Crippen LogP) is 4.14. The lowest BCUT2D eigenvalue weighted by Crippen LogP contribution is -2.27. The van der Waals surface area contributed by atoms with E-state index in [1.807, 2.05) is 6.07 Å². The van der Waals surface area contributed by atoms with Gasteiger partial charge in [-0.1, -0.05) is 15.9 Å². The maximum atomic E-state index is 10.8. The Bertz CT molecular complexity index is 587. The molecule has 106 valence electrons. The van der Waals surface area contributed by atoms with E-state index < -0.39 is 0 Å². The molecule has 0 spiro atoms. The number of nitro groups is 1. The van der Waals surface area contributed by atoms with Crippen LogP contribution in [0.1, 0.15) is 18.1 Å². The van der Waals surface area contributed by atoms with Crippen molar-refractivity contribution in [3.05, 3.63) is 60.7 Å². The molecular formula is C14H15BrN2O2S. The molecule has 6 heteroatoms. The highest BCUT2D eigenvalue weighted by molar-refractivity contribution is 9.10. The lowest BCUT2D eigenvalue weighted by molar-refractivity contribution is -0.385. The van der Waals surface area contributed by atoms with Crippen LogP contribution in [0.25, 0.3) is 0 Å².